The molecule has 3 N–H and O–H groups in total. The first-order valence-corrected chi connectivity index (χ1v) is 7.14. The molecule has 0 bridgehead atoms. The van der Waals surface area contributed by atoms with Crippen molar-refractivity contribution in [2.24, 2.45) is 11.8 Å². The van der Waals surface area contributed by atoms with Gasteiger partial charge in [0, 0.05) is 23.1 Å². The van der Waals surface area contributed by atoms with Gasteiger partial charge in [0.1, 0.15) is 0 Å². The third-order valence-corrected chi connectivity index (χ3v) is 4.15. The Morgan fingerprint density at radius 1 is 1.33 bits per heavy atom. The highest BCUT2D eigenvalue weighted by molar-refractivity contribution is 5.89. The SMILES string of the molecule is Cc1[nH]c2ccccc2c1CCNC(=O)[C@@H]1C[C@@H]1C(=O)O. The van der Waals surface area contributed by atoms with Crippen LogP contribution in [0, 0.1) is 18.8 Å². The van der Waals surface area contributed by atoms with Crippen LogP contribution < -0.4 is 5.32 Å². The number of aliphatic carboxylic acids is 1. The number of carboxylic acid groups (broad SMARTS) is 1. The number of para-hydroxylation sites is 1. The number of hydrogen-bond acceptors (Lipinski definition) is 2. The maximum Gasteiger partial charge on any atom is 0.307 e. The van der Waals surface area contributed by atoms with Crippen LogP contribution in [-0.4, -0.2) is 28.5 Å². The van der Waals surface area contributed by atoms with Crippen molar-refractivity contribution in [2.45, 2.75) is 19.8 Å². The third-order valence-electron chi connectivity index (χ3n) is 4.15. The molecule has 1 aliphatic rings. The summed E-state index contributed by atoms with van der Waals surface area (Å²) in [5, 5.41) is 12.8. The zero-order chi connectivity index (χ0) is 15.0. The molecule has 21 heavy (non-hydrogen) atoms. The molecule has 1 aliphatic carbocycles. The Hall–Kier alpha value is -2.30. The van der Waals surface area contributed by atoms with E-state index in [1.807, 2.05) is 25.1 Å². The van der Waals surface area contributed by atoms with Crippen LogP contribution >= 0.6 is 0 Å². The summed E-state index contributed by atoms with van der Waals surface area (Å²) in [6.07, 6.45) is 1.21. The third kappa shape index (κ3) is 2.63. The Kier molecular flexibility index (Phi) is 3.41. The first kappa shape index (κ1) is 13.7. The Labute approximate surface area is 122 Å². The number of aryl methyl sites for hydroxylation is 1. The first-order valence-electron chi connectivity index (χ1n) is 7.14. The molecule has 2 atom stereocenters. The largest absolute Gasteiger partial charge is 0.481 e. The Morgan fingerprint density at radius 2 is 2.10 bits per heavy atom. The zero-order valence-electron chi connectivity index (χ0n) is 11.8. The van der Waals surface area contributed by atoms with E-state index in [4.69, 9.17) is 5.11 Å². The molecule has 2 aromatic rings. The van der Waals surface area contributed by atoms with Crippen LogP contribution in [0.1, 0.15) is 17.7 Å². The molecule has 1 saturated carbocycles. The number of carboxylic acids is 1. The van der Waals surface area contributed by atoms with E-state index in [1.165, 1.54) is 10.9 Å². The van der Waals surface area contributed by atoms with Crippen molar-refractivity contribution < 1.29 is 14.7 Å². The topological polar surface area (TPSA) is 82.2 Å². The van der Waals surface area contributed by atoms with Gasteiger partial charge in [-0.25, -0.2) is 0 Å². The van der Waals surface area contributed by atoms with Gasteiger partial charge in [-0.15, -0.1) is 0 Å². The van der Waals surface area contributed by atoms with E-state index < -0.39 is 11.9 Å². The monoisotopic (exact) mass is 286 g/mol. The van der Waals surface area contributed by atoms with E-state index in [0.717, 1.165) is 17.6 Å². The second-order valence-electron chi connectivity index (χ2n) is 5.60. The van der Waals surface area contributed by atoms with Gasteiger partial charge in [-0.05, 0) is 31.4 Å². The average Bonchev–Trinajstić information content (AvgIpc) is 3.19. The number of benzene rings is 1. The summed E-state index contributed by atoms with van der Waals surface area (Å²) < 4.78 is 0. The van der Waals surface area contributed by atoms with Crippen LogP contribution in [-0.2, 0) is 16.0 Å². The van der Waals surface area contributed by atoms with Crippen molar-refractivity contribution >= 4 is 22.8 Å². The molecule has 5 heteroatoms. The normalized spacial score (nSPS) is 20.4. The van der Waals surface area contributed by atoms with Crippen molar-refractivity contribution in [1.29, 1.82) is 0 Å². The van der Waals surface area contributed by atoms with Gasteiger partial charge in [-0.1, -0.05) is 18.2 Å². The standard InChI is InChI=1S/C16H18N2O3/c1-9-10(11-4-2-3-5-14(11)18-9)6-7-17-15(19)12-8-13(12)16(20)21/h2-5,12-13,18H,6-8H2,1H3,(H,17,19)(H,20,21)/t12-,13+/m1/s1. The summed E-state index contributed by atoms with van der Waals surface area (Å²) in [5.74, 6) is -1.84. The molecular formula is C16H18N2O3. The van der Waals surface area contributed by atoms with E-state index >= 15 is 0 Å². The summed E-state index contributed by atoms with van der Waals surface area (Å²) >= 11 is 0. The van der Waals surface area contributed by atoms with E-state index in [9.17, 15) is 9.59 Å². The molecule has 3 rings (SSSR count). The number of aromatic amines is 1. The molecule has 0 radical (unpaired) electrons. The van der Waals surface area contributed by atoms with Gasteiger partial charge >= 0.3 is 5.97 Å². The minimum atomic E-state index is -0.873. The Bertz CT molecular complexity index is 705. The number of carbonyl (C=O) groups excluding carboxylic acids is 1. The van der Waals surface area contributed by atoms with E-state index in [-0.39, 0.29) is 11.8 Å². The highest BCUT2D eigenvalue weighted by atomic mass is 16.4. The minimum Gasteiger partial charge on any atom is -0.481 e. The van der Waals surface area contributed by atoms with Crippen LogP contribution in [0.3, 0.4) is 0 Å². The van der Waals surface area contributed by atoms with E-state index in [0.29, 0.717) is 13.0 Å². The highest BCUT2D eigenvalue weighted by Crippen LogP contribution is 2.38. The fourth-order valence-corrected chi connectivity index (χ4v) is 2.86. The Morgan fingerprint density at radius 3 is 2.81 bits per heavy atom. The smallest absolute Gasteiger partial charge is 0.307 e. The second kappa shape index (κ2) is 5.24. The summed E-state index contributed by atoms with van der Waals surface area (Å²) in [5.41, 5.74) is 3.42. The lowest BCUT2D eigenvalue weighted by Crippen LogP contribution is -2.28. The quantitative estimate of drug-likeness (QED) is 0.784. The number of hydrogen-bond donors (Lipinski definition) is 3. The lowest BCUT2D eigenvalue weighted by molar-refractivity contribution is -0.140. The van der Waals surface area contributed by atoms with Gasteiger partial charge in [0.2, 0.25) is 5.91 Å². The molecule has 1 amide bonds. The van der Waals surface area contributed by atoms with Crippen molar-refractivity contribution in [3.8, 4) is 0 Å². The molecular weight excluding hydrogens is 268 g/mol. The lowest BCUT2D eigenvalue weighted by atomic mass is 10.1. The van der Waals surface area contributed by atoms with Gasteiger partial charge in [0.15, 0.2) is 0 Å². The molecule has 0 aliphatic heterocycles. The van der Waals surface area contributed by atoms with Crippen molar-refractivity contribution in [1.82, 2.24) is 10.3 Å². The minimum absolute atomic E-state index is 0.139. The molecule has 0 spiro atoms. The van der Waals surface area contributed by atoms with Crippen LogP contribution in [0.4, 0.5) is 0 Å². The van der Waals surface area contributed by atoms with Crippen LogP contribution in [0.2, 0.25) is 0 Å². The van der Waals surface area contributed by atoms with E-state index in [2.05, 4.69) is 16.4 Å². The summed E-state index contributed by atoms with van der Waals surface area (Å²) in [6, 6.07) is 8.09. The van der Waals surface area contributed by atoms with Crippen LogP contribution in [0.5, 0.6) is 0 Å². The summed E-state index contributed by atoms with van der Waals surface area (Å²) in [6.45, 7) is 2.56. The molecule has 0 saturated heterocycles. The van der Waals surface area contributed by atoms with Gasteiger partial charge in [-0.2, -0.15) is 0 Å². The van der Waals surface area contributed by atoms with Crippen molar-refractivity contribution in [3.63, 3.8) is 0 Å². The number of nitrogens with one attached hydrogen (secondary N) is 2. The number of amides is 1. The maximum absolute atomic E-state index is 11.8. The Balaban J connectivity index is 1.59. The summed E-state index contributed by atoms with van der Waals surface area (Å²) in [7, 11) is 0. The van der Waals surface area contributed by atoms with Crippen LogP contribution in [0.25, 0.3) is 10.9 Å². The van der Waals surface area contributed by atoms with Gasteiger partial charge in [0.05, 0.1) is 11.8 Å². The maximum atomic E-state index is 11.8. The number of rotatable bonds is 5. The summed E-state index contributed by atoms with van der Waals surface area (Å²) in [4.78, 5) is 25.9. The molecule has 1 aromatic carbocycles. The number of carbonyl (C=O) groups is 2. The average molecular weight is 286 g/mol. The van der Waals surface area contributed by atoms with Gasteiger partial charge < -0.3 is 15.4 Å². The molecule has 1 fully saturated rings. The lowest BCUT2D eigenvalue weighted by Gasteiger charge is -2.05. The predicted molar refractivity (Wildman–Crippen MR) is 79.0 cm³/mol. The predicted octanol–water partition coefficient (Wildman–Crippen LogP) is 1.86. The van der Waals surface area contributed by atoms with Gasteiger partial charge in [-0.3, -0.25) is 9.59 Å². The number of aromatic nitrogens is 1. The first-order chi connectivity index (χ1) is 10.1. The second-order valence-corrected chi connectivity index (χ2v) is 5.60. The highest BCUT2D eigenvalue weighted by Gasteiger charge is 2.48. The van der Waals surface area contributed by atoms with Crippen molar-refractivity contribution in [3.05, 3.63) is 35.5 Å². The number of fused-ring (bicyclic) bond motifs is 1. The molecule has 1 heterocycles. The molecule has 110 valence electrons. The zero-order valence-corrected chi connectivity index (χ0v) is 11.8. The fourth-order valence-electron chi connectivity index (χ4n) is 2.86. The fraction of sp³-hybridized carbons (Fsp3) is 0.375. The molecule has 1 aromatic heterocycles. The molecule has 0 unspecified atom stereocenters. The van der Waals surface area contributed by atoms with Gasteiger partial charge in [0.25, 0.3) is 0 Å². The van der Waals surface area contributed by atoms with E-state index in [1.54, 1.807) is 0 Å². The number of H-pyrrole nitrogens is 1. The van der Waals surface area contributed by atoms with Crippen molar-refractivity contribution in [2.75, 3.05) is 6.54 Å². The molecule has 5 nitrogen and oxygen atoms in total. The van der Waals surface area contributed by atoms with Crippen LogP contribution in [0.15, 0.2) is 24.3 Å².